The molecule has 5 heteroatoms. The lowest BCUT2D eigenvalue weighted by Crippen LogP contribution is -2.29. The molecule has 1 N–H and O–H groups in total. The van der Waals surface area contributed by atoms with Gasteiger partial charge in [-0.25, -0.2) is 4.39 Å². The first-order valence-corrected chi connectivity index (χ1v) is 12.1. The van der Waals surface area contributed by atoms with Gasteiger partial charge in [0.05, 0.1) is 7.11 Å². The molecule has 1 atom stereocenters. The number of rotatable bonds is 9. The largest absolute Gasteiger partial charge is 0.497 e. The van der Waals surface area contributed by atoms with Crippen molar-refractivity contribution in [1.82, 2.24) is 9.88 Å². The molecule has 4 rings (SSSR count). The molecule has 0 radical (unpaired) electrons. The normalized spacial score (nSPS) is 12.2. The van der Waals surface area contributed by atoms with E-state index in [-0.39, 0.29) is 18.1 Å². The van der Waals surface area contributed by atoms with Crippen LogP contribution in [0.5, 0.6) is 5.75 Å². The summed E-state index contributed by atoms with van der Waals surface area (Å²) in [7, 11) is 1.66. The highest BCUT2D eigenvalue weighted by Gasteiger charge is 2.25. The van der Waals surface area contributed by atoms with Crippen LogP contribution in [0.3, 0.4) is 0 Å². The maximum absolute atomic E-state index is 15.1. The highest BCUT2D eigenvalue weighted by molar-refractivity contribution is 5.87. The first kappa shape index (κ1) is 24.5. The number of halogens is 1. The van der Waals surface area contributed by atoms with Crippen molar-refractivity contribution >= 4 is 16.8 Å². The molecule has 35 heavy (non-hydrogen) atoms. The molecule has 4 nitrogen and oxygen atoms in total. The molecule has 0 saturated heterocycles. The van der Waals surface area contributed by atoms with E-state index in [4.69, 9.17) is 4.74 Å². The number of ether oxygens (including phenoxy) is 1. The number of hydrogen-bond acceptors (Lipinski definition) is 2. The molecule has 4 aromatic rings. The average molecular weight is 473 g/mol. The molecule has 0 saturated carbocycles. The summed E-state index contributed by atoms with van der Waals surface area (Å²) in [4.78, 5) is 12.9. The minimum absolute atomic E-state index is 0.0726. The third-order valence-corrected chi connectivity index (χ3v) is 6.33. The number of methoxy groups -OCH3 is 1. The van der Waals surface area contributed by atoms with Crippen molar-refractivity contribution in [3.8, 4) is 5.75 Å². The van der Waals surface area contributed by atoms with Crippen molar-refractivity contribution in [3.05, 3.63) is 101 Å². The van der Waals surface area contributed by atoms with Crippen LogP contribution >= 0.6 is 0 Å². The minimum Gasteiger partial charge on any atom is -0.497 e. The summed E-state index contributed by atoms with van der Waals surface area (Å²) in [6.07, 6.45) is 2.26. The van der Waals surface area contributed by atoms with E-state index < -0.39 is 5.92 Å². The topological polar surface area (TPSA) is 43.3 Å². The minimum atomic E-state index is -0.399. The molecule has 0 bridgehead atoms. The summed E-state index contributed by atoms with van der Waals surface area (Å²) < 4.78 is 22.6. The zero-order valence-corrected chi connectivity index (χ0v) is 20.8. The molecule has 0 aliphatic carbocycles. The Bertz CT molecular complexity index is 1310. The van der Waals surface area contributed by atoms with E-state index in [1.807, 2.05) is 49.4 Å². The number of nitrogens with one attached hydrogen (secondary N) is 1. The fourth-order valence-corrected chi connectivity index (χ4v) is 4.50. The molecule has 0 aliphatic rings. The lowest BCUT2D eigenvalue weighted by atomic mass is 9.87. The summed E-state index contributed by atoms with van der Waals surface area (Å²) >= 11 is 0. The third-order valence-electron chi connectivity index (χ3n) is 6.33. The molecule has 1 amide bonds. The van der Waals surface area contributed by atoms with Crippen LogP contribution in [0.25, 0.3) is 10.9 Å². The number of aryl methyl sites for hydroxylation is 1. The van der Waals surface area contributed by atoms with E-state index >= 15 is 4.39 Å². The van der Waals surface area contributed by atoms with Gasteiger partial charge in [0, 0.05) is 42.5 Å². The molecule has 1 unspecified atom stereocenters. The van der Waals surface area contributed by atoms with Crippen LogP contribution in [0.1, 0.15) is 48.4 Å². The highest BCUT2D eigenvalue weighted by Crippen LogP contribution is 2.36. The van der Waals surface area contributed by atoms with Crippen LogP contribution in [-0.2, 0) is 11.3 Å². The van der Waals surface area contributed by atoms with E-state index in [0.29, 0.717) is 24.6 Å². The maximum Gasteiger partial charge on any atom is 0.220 e. The molecular formula is C30H33FN2O2. The zero-order chi connectivity index (χ0) is 24.9. The van der Waals surface area contributed by atoms with E-state index in [2.05, 4.69) is 42.1 Å². The first-order chi connectivity index (χ1) is 16.9. The lowest BCUT2D eigenvalue weighted by Gasteiger charge is -2.19. The standard InChI is InChI=1S/C30H33FN2O2/c1-20(2)17-32-30(34)16-25(26-15-21(3)9-14-28(26)31)27-19-33(29-8-6-5-7-24(27)29)18-22-10-12-23(35-4)13-11-22/h5-15,19-20,25H,16-18H2,1-4H3,(H,32,34). The Kier molecular flexibility index (Phi) is 7.54. The van der Waals surface area contributed by atoms with Gasteiger partial charge >= 0.3 is 0 Å². The lowest BCUT2D eigenvalue weighted by molar-refractivity contribution is -0.121. The molecule has 0 fully saturated rings. The van der Waals surface area contributed by atoms with Gasteiger partial charge in [-0.3, -0.25) is 4.79 Å². The molecule has 0 spiro atoms. The summed E-state index contributed by atoms with van der Waals surface area (Å²) in [5.74, 6) is 0.402. The van der Waals surface area contributed by atoms with Crippen LogP contribution in [0.4, 0.5) is 4.39 Å². The van der Waals surface area contributed by atoms with Gasteiger partial charge < -0.3 is 14.6 Å². The van der Waals surface area contributed by atoms with Gasteiger partial charge in [-0.2, -0.15) is 0 Å². The van der Waals surface area contributed by atoms with Crippen molar-refractivity contribution in [3.63, 3.8) is 0 Å². The van der Waals surface area contributed by atoms with Crippen LogP contribution < -0.4 is 10.1 Å². The van der Waals surface area contributed by atoms with Crippen LogP contribution in [0.2, 0.25) is 0 Å². The van der Waals surface area contributed by atoms with Crippen molar-refractivity contribution in [2.75, 3.05) is 13.7 Å². The van der Waals surface area contributed by atoms with E-state index in [1.54, 1.807) is 13.2 Å². The van der Waals surface area contributed by atoms with Gasteiger partial charge in [0.1, 0.15) is 11.6 Å². The smallest absolute Gasteiger partial charge is 0.220 e. The third kappa shape index (κ3) is 5.73. The second-order valence-corrected chi connectivity index (χ2v) is 9.56. The fourth-order valence-electron chi connectivity index (χ4n) is 4.50. The monoisotopic (exact) mass is 472 g/mol. The Morgan fingerprint density at radius 3 is 2.49 bits per heavy atom. The Morgan fingerprint density at radius 1 is 1.03 bits per heavy atom. The predicted molar refractivity (Wildman–Crippen MR) is 139 cm³/mol. The van der Waals surface area contributed by atoms with Gasteiger partial charge in [0.25, 0.3) is 0 Å². The van der Waals surface area contributed by atoms with Gasteiger partial charge in [-0.05, 0) is 53.8 Å². The van der Waals surface area contributed by atoms with Gasteiger partial charge in [0.15, 0.2) is 0 Å². The van der Waals surface area contributed by atoms with E-state index in [1.165, 1.54) is 6.07 Å². The fraction of sp³-hybridized carbons (Fsp3) is 0.300. The Labute approximate surface area is 206 Å². The Balaban J connectivity index is 1.77. The summed E-state index contributed by atoms with van der Waals surface area (Å²) in [6.45, 7) is 7.33. The maximum atomic E-state index is 15.1. The van der Waals surface area contributed by atoms with Gasteiger partial charge in [-0.1, -0.05) is 61.9 Å². The van der Waals surface area contributed by atoms with Crippen LogP contribution in [-0.4, -0.2) is 24.1 Å². The van der Waals surface area contributed by atoms with Crippen molar-refractivity contribution in [1.29, 1.82) is 0 Å². The summed E-state index contributed by atoms with van der Waals surface area (Å²) in [6, 6.07) is 21.3. The second kappa shape index (κ2) is 10.8. The summed E-state index contributed by atoms with van der Waals surface area (Å²) in [5, 5.41) is 4.04. The zero-order valence-electron chi connectivity index (χ0n) is 20.8. The number of aromatic nitrogens is 1. The molecule has 0 aliphatic heterocycles. The quantitative estimate of drug-likeness (QED) is 0.305. The summed E-state index contributed by atoms with van der Waals surface area (Å²) in [5.41, 5.74) is 4.66. The number of nitrogens with zero attached hydrogens (tertiary/aromatic N) is 1. The molecule has 1 aromatic heterocycles. The van der Waals surface area contributed by atoms with Crippen molar-refractivity contribution in [2.45, 2.75) is 39.7 Å². The van der Waals surface area contributed by atoms with Crippen LogP contribution in [0.15, 0.2) is 72.9 Å². The highest BCUT2D eigenvalue weighted by atomic mass is 19.1. The Morgan fingerprint density at radius 2 is 1.77 bits per heavy atom. The van der Waals surface area contributed by atoms with E-state index in [9.17, 15) is 4.79 Å². The van der Waals surface area contributed by atoms with Crippen molar-refractivity contribution in [2.24, 2.45) is 5.92 Å². The number of hydrogen-bond donors (Lipinski definition) is 1. The SMILES string of the molecule is COc1ccc(Cn2cc(C(CC(=O)NCC(C)C)c3cc(C)ccc3F)c3ccccc32)cc1. The average Bonchev–Trinajstić information content (AvgIpc) is 3.21. The number of carbonyl (C=O) groups excluding carboxylic acids is 1. The predicted octanol–water partition coefficient (Wildman–Crippen LogP) is 6.44. The number of fused-ring (bicyclic) bond motifs is 1. The Hall–Kier alpha value is -3.60. The number of benzene rings is 3. The van der Waals surface area contributed by atoms with Crippen LogP contribution in [0, 0.1) is 18.7 Å². The van der Waals surface area contributed by atoms with Crippen molar-refractivity contribution < 1.29 is 13.9 Å². The van der Waals surface area contributed by atoms with Gasteiger partial charge in [-0.15, -0.1) is 0 Å². The number of carbonyl (C=O) groups is 1. The molecule has 1 heterocycles. The van der Waals surface area contributed by atoms with E-state index in [0.717, 1.165) is 33.3 Å². The number of para-hydroxylation sites is 1. The number of amides is 1. The second-order valence-electron chi connectivity index (χ2n) is 9.56. The molecular weight excluding hydrogens is 439 g/mol. The first-order valence-electron chi connectivity index (χ1n) is 12.1. The molecule has 3 aromatic carbocycles. The molecule has 182 valence electrons. The van der Waals surface area contributed by atoms with Gasteiger partial charge in [0.2, 0.25) is 5.91 Å².